The molecule has 3 saturated heterocycles. The van der Waals surface area contributed by atoms with E-state index in [-0.39, 0.29) is 23.8 Å². The molecule has 0 radical (unpaired) electrons. The molecule has 0 unspecified atom stereocenters. The monoisotopic (exact) mass is 595 g/mol. The molecule has 43 heavy (non-hydrogen) atoms. The molecule has 4 heterocycles. The molecule has 3 fully saturated rings. The van der Waals surface area contributed by atoms with Gasteiger partial charge in [-0.2, -0.15) is 0 Å². The molecule has 3 atom stereocenters. The minimum Gasteiger partial charge on any atom is -0.392 e. The summed E-state index contributed by atoms with van der Waals surface area (Å²) in [5.41, 5.74) is 4.32. The van der Waals surface area contributed by atoms with Crippen LogP contribution in [-0.4, -0.2) is 44.7 Å². The Morgan fingerprint density at radius 3 is 2.49 bits per heavy atom. The van der Waals surface area contributed by atoms with Crippen molar-refractivity contribution in [1.82, 2.24) is 14.8 Å². The average Bonchev–Trinajstić information content (AvgIpc) is 3.30. The first-order valence-corrected chi connectivity index (χ1v) is 15.5. The third-order valence-electron chi connectivity index (χ3n) is 10.1. The molecule has 7 heteroatoms. The third kappa shape index (κ3) is 4.54. The van der Waals surface area contributed by atoms with E-state index in [9.17, 15) is 9.90 Å². The quantitative estimate of drug-likeness (QED) is 0.246. The molecule has 3 aromatic carbocycles. The molecule has 8 rings (SSSR count). The van der Waals surface area contributed by atoms with Crippen LogP contribution in [-0.2, 0) is 41.2 Å². The van der Waals surface area contributed by atoms with Crippen molar-refractivity contribution in [3.63, 3.8) is 0 Å². The maximum absolute atomic E-state index is 14.1. The Morgan fingerprint density at radius 1 is 1.05 bits per heavy atom. The number of aliphatic hydroxyl groups excluding tert-OH is 1. The Bertz CT molecular complexity index is 1700. The van der Waals surface area contributed by atoms with Crippen molar-refractivity contribution in [2.24, 2.45) is 5.92 Å². The number of nitrogens with one attached hydrogen (secondary N) is 1. The van der Waals surface area contributed by atoms with Crippen molar-refractivity contribution < 1.29 is 14.6 Å². The minimum absolute atomic E-state index is 0.0212. The van der Waals surface area contributed by atoms with Crippen LogP contribution in [0.2, 0.25) is 5.02 Å². The summed E-state index contributed by atoms with van der Waals surface area (Å²) >= 11 is 6.57. The summed E-state index contributed by atoms with van der Waals surface area (Å²) in [7, 11) is 0. The first kappa shape index (κ1) is 28.4. The van der Waals surface area contributed by atoms with E-state index >= 15 is 0 Å². The largest absolute Gasteiger partial charge is 0.392 e. The second-order valence-electron chi connectivity index (χ2n) is 13.0. The van der Waals surface area contributed by atoms with Crippen LogP contribution in [0.5, 0.6) is 0 Å². The predicted octanol–water partition coefficient (Wildman–Crippen LogP) is 5.98. The van der Waals surface area contributed by atoms with Gasteiger partial charge in [-0.25, -0.2) is 0 Å². The van der Waals surface area contributed by atoms with E-state index in [1.807, 2.05) is 54.6 Å². The Kier molecular flexibility index (Phi) is 7.01. The number of ether oxygens (including phenoxy) is 1. The SMILES string of the molecule is CC1(C)c2c(c3ccc(Cl)cc3n2COCc2ccccc2)C[C@@]23CN(Cc4ccccc4)[C@@](/C=C/CO)(C[C@@H]12)C(=O)N3. The number of halogens is 1. The number of carbonyl (C=O) groups is 1. The zero-order valence-corrected chi connectivity index (χ0v) is 25.5. The number of piperazine rings is 1. The zero-order valence-electron chi connectivity index (χ0n) is 24.7. The highest BCUT2D eigenvalue weighted by Gasteiger charge is 2.67. The standard InChI is InChI=1S/C36H38ClN3O3/c1-34(2)31-20-36(16-9-17-41)33(42)38-35(31,23-39(36)21-25-10-5-3-6-11-25)19-29-28-15-14-27(37)18-30(28)40(32(29)34)24-43-22-26-12-7-4-8-13-26/h3-16,18,31,41H,17,19-24H2,1-2H3,(H,38,42)/b16-9+/t31-,35+,36-/m0/s1. The predicted molar refractivity (Wildman–Crippen MR) is 170 cm³/mol. The molecule has 4 aromatic rings. The van der Waals surface area contributed by atoms with Gasteiger partial charge in [0.25, 0.3) is 0 Å². The highest BCUT2D eigenvalue weighted by molar-refractivity contribution is 6.31. The Labute approximate surface area is 257 Å². The molecule has 6 nitrogen and oxygen atoms in total. The lowest BCUT2D eigenvalue weighted by molar-refractivity contribution is -0.160. The number of nitrogens with zero attached hydrogens (tertiary/aromatic N) is 2. The van der Waals surface area contributed by atoms with E-state index in [0.717, 1.165) is 29.4 Å². The second kappa shape index (κ2) is 10.6. The molecule has 222 valence electrons. The lowest BCUT2D eigenvalue weighted by atomic mass is 9.51. The Balaban J connectivity index is 1.33. The van der Waals surface area contributed by atoms with E-state index in [2.05, 4.69) is 59.0 Å². The van der Waals surface area contributed by atoms with E-state index in [0.29, 0.717) is 31.3 Å². The number of carbonyl (C=O) groups excluding carboxylic acids is 1. The molecule has 3 aliphatic heterocycles. The van der Waals surface area contributed by atoms with E-state index in [4.69, 9.17) is 16.3 Å². The first-order chi connectivity index (χ1) is 20.8. The highest BCUT2D eigenvalue weighted by atomic mass is 35.5. The van der Waals surface area contributed by atoms with Crippen LogP contribution < -0.4 is 5.32 Å². The van der Waals surface area contributed by atoms with Crippen LogP contribution in [0.1, 0.15) is 42.7 Å². The lowest BCUT2D eigenvalue weighted by Gasteiger charge is -2.66. The molecule has 1 aliphatic carbocycles. The van der Waals surface area contributed by atoms with Crippen LogP contribution >= 0.6 is 11.6 Å². The van der Waals surface area contributed by atoms with Gasteiger partial charge in [-0.15, -0.1) is 0 Å². The lowest BCUT2D eigenvalue weighted by Crippen LogP contribution is -2.83. The van der Waals surface area contributed by atoms with Crippen LogP contribution in [0.25, 0.3) is 10.9 Å². The van der Waals surface area contributed by atoms with Gasteiger partial charge in [0.1, 0.15) is 12.3 Å². The van der Waals surface area contributed by atoms with Crippen molar-refractivity contribution in [1.29, 1.82) is 0 Å². The molecular weight excluding hydrogens is 558 g/mol. The summed E-state index contributed by atoms with van der Waals surface area (Å²) in [5, 5.41) is 15.2. The van der Waals surface area contributed by atoms with Gasteiger partial charge in [-0.1, -0.05) is 104 Å². The maximum atomic E-state index is 14.1. The van der Waals surface area contributed by atoms with Gasteiger partial charge < -0.3 is 19.7 Å². The summed E-state index contributed by atoms with van der Waals surface area (Å²) < 4.78 is 8.66. The summed E-state index contributed by atoms with van der Waals surface area (Å²) in [6.45, 7) is 6.85. The van der Waals surface area contributed by atoms with Crippen LogP contribution in [0.3, 0.4) is 0 Å². The summed E-state index contributed by atoms with van der Waals surface area (Å²) in [5.74, 6) is 0.182. The van der Waals surface area contributed by atoms with Crippen molar-refractivity contribution in [3.05, 3.63) is 118 Å². The number of hydrogen-bond acceptors (Lipinski definition) is 4. The fourth-order valence-electron chi connectivity index (χ4n) is 8.35. The Hall–Kier alpha value is -3.42. The fraction of sp³-hybridized carbons (Fsp3) is 0.361. The number of rotatable bonds is 8. The van der Waals surface area contributed by atoms with Crippen molar-refractivity contribution in [3.8, 4) is 0 Å². The minimum atomic E-state index is -0.844. The first-order valence-electron chi connectivity index (χ1n) is 15.1. The van der Waals surface area contributed by atoms with Gasteiger partial charge in [0.05, 0.1) is 24.3 Å². The fourth-order valence-corrected chi connectivity index (χ4v) is 8.51. The van der Waals surface area contributed by atoms with Crippen LogP contribution in [0.15, 0.2) is 91.0 Å². The molecule has 0 saturated carbocycles. The van der Waals surface area contributed by atoms with Crippen LogP contribution in [0, 0.1) is 5.92 Å². The van der Waals surface area contributed by atoms with Gasteiger partial charge in [0.2, 0.25) is 5.91 Å². The number of amides is 1. The van der Waals surface area contributed by atoms with Gasteiger partial charge >= 0.3 is 0 Å². The van der Waals surface area contributed by atoms with E-state index in [1.165, 1.54) is 16.8 Å². The van der Waals surface area contributed by atoms with Crippen molar-refractivity contribution >= 4 is 28.4 Å². The van der Waals surface area contributed by atoms with Gasteiger partial charge in [0, 0.05) is 34.6 Å². The van der Waals surface area contributed by atoms with Gasteiger partial charge in [-0.3, -0.25) is 9.69 Å². The highest BCUT2D eigenvalue weighted by Crippen LogP contribution is 2.58. The zero-order chi connectivity index (χ0) is 29.8. The Morgan fingerprint density at radius 2 is 1.77 bits per heavy atom. The topological polar surface area (TPSA) is 66.7 Å². The molecule has 2 N–H and O–H groups in total. The maximum Gasteiger partial charge on any atom is 0.245 e. The molecule has 4 aliphatic rings. The van der Waals surface area contributed by atoms with Crippen LogP contribution in [0.4, 0.5) is 0 Å². The normalized spacial score (nSPS) is 26.0. The van der Waals surface area contributed by atoms with Crippen molar-refractivity contribution in [2.75, 3.05) is 13.2 Å². The molecular formula is C36H38ClN3O3. The number of fused-ring (bicyclic) bond motifs is 5. The third-order valence-corrected chi connectivity index (χ3v) is 10.4. The van der Waals surface area contributed by atoms with E-state index < -0.39 is 11.1 Å². The second-order valence-corrected chi connectivity index (χ2v) is 13.4. The van der Waals surface area contributed by atoms with Gasteiger partial charge in [0.15, 0.2) is 0 Å². The number of aliphatic hydroxyl groups is 1. The summed E-state index contributed by atoms with van der Waals surface area (Å²) in [6, 6.07) is 26.7. The molecule has 1 aromatic heterocycles. The molecule has 1 amide bonds. The molecule has 1 spiro atoms. The van der Waals surface area contributed by atoms with Crippen molar-refractivity contribution in [2.45, 2.75) is 63.1 Å². The van der Waals surface area contributed by atoms with E-state index in [1.54, 1.807) is 6.08 Å². The summed E-state index contributed by atoms with van der Waals surface area (Å²) in [4.78, 5) is 16.5. The smallest absolute Gasteiger partial charge is 0.245 e. The van der Waals surface area contributed by atoms with Gasteiger partial charge in [-0.05, 0) is 47.6 Å². The number of benzene rings is 3. The molecule has 2 bridgehead atoms. The number of aromatic nitrogens is 1. The number of piperidine rings is 2. The summed E-state index contributed by atoms with van der Waals surface area (Å²) in [6.07, 6.45) is 5.07. The number of hydrogen-bond donors (Lipinski definition) is 2. The average molecular weight is 596 g/mol.